The molecule has 2 rings (SSSR count). The molecule has 1 atom stereocenters. The van der Waals surface area contributed by atoms with Crippen LogP contribution in [0.4, 0.5) is 11.5 Å². The van der Waals surface area contributed by atoms with Gasteiger partial charge in [0, 0.05) is 29.3 Å². The van der Waals surface area contributed by atoms with Crippen LogP contribution in [0.15, 0.2) is 16.7 Å². The molecule has 0 spiro atoms. The molecule has 0 bridgehead atoms. The van der Waals surface area contributed by atoms with Crippen LogP contribution in [0, 0.1) is 16.0 Å². The Balaban J connectivity index is 2.18. The lowest BCUT2D eigenvalue weighted by Crippen LogP contribution is -2.35. The molecule has 1 aromatic rings. The van der Waals surface area contributed by atoms with Gasteiger partial charge in [-0.1, -0.05) is 12.8 Å². The van der Waals surface area contributed by atoms with Crippen LogP contribution in [0.2, 0.25) is 0 Å². The van der Waals surface area contributed by atoms with Gasteiger partial charge < -0.3 is 11.1 Å². The molecular weight excluding hydrogens is 312 g/mol. The minimum atomic E-state index is -0.428. The predicted molar refractivity (Wildman–Crippen MR) is 77.0 cm³/mol. The van der Waals surface area contributed by atoms with Crippen LogP contribution in [0.25, 0.3) is 0 Å². The van der Waals surface area contributed by atoms with Crippen molar-refractivity contribution in [3.8, 4) is 0 Å². The number of aromatic nitrogens is 1. The summed E-state index contributed by atoms with van der Waals surface area (Å²) in [5, 5.41) is 14.2. The highest BCUT2D eigenvalue weighted by Gasteiger charge is 2.26. The van der Waals surface area contributed by atoms with Crippen LogP contribution in [-0.4, -0.2) is 22.5 Å². The molecule has 1 unspecified atom stereocenters. The van der Waals surface area contributed by atoms with Crippen LogP contribution in [0.1, 0.15) is 25.7 Å². The van der Waals surface area contributed by atoms with Gasteiger partial charge in [-0.05, 0) is 34.7 Å². The number of nitrogens with zero attached hydrogens (tertiary/aromatic N) is 2. The van der Waals surface area contributed by atoms with E-state index in [4.69, 9.17) is 5.73 Å². The largest absolute Gasteiger partial charge is 0.360 e. The SMILES string of the molecule is NCC(Nc1ncc(Br)cc1[N+](=O)[O-])C1CCCC1. The van der Waals surface area contributed by atoms with Gasteiger partial charge in [0.05, 0.1) is 4.92 Å². The first-order valence-corrected chi connectivity index (χ1v) is 7.17. The number of hydrogen-bond acceptors (Lipinski definition) is 5. The van der Waals surface area contributed by atoms with E-state index in [9.17, 15) is 10.1 Å². The molecule has 0 radical (unpaired) electrons. The number of halogens is 1. The zero-order chi connectivity index (χ0) is 13.8. The normalized spacial score (nSPS) is 17.4. The van der Waals surface area contributed by atoms with E-state index in [1.54, 1.807) is 6.20 Å². The van der Waals surface area contributed by atoms with E-state index in [1.165, 1.54) is 18.9 Å². The average molecular weight is 329 g/mol. The van der Waals surface area contributed by atoms with Gasteiger partial charge >= 0.3 is 5.69 Å². The molecule has 0 saturated heterocycles. The molecule has 0 aromatic carbocycles. The summed E-state index contributed by atoms with van der Waals surface area (Å²) in [5.41, 5.74) is 5.76. The highest BCUT2D eigenvalue weighted by atomic mass is 79.9. The Kier molecular flexibility index (Phi) is 4.71. The maximum Gasteiger partial charge on any atom is 0.312 e. The van der Waals surface area contributed by atoms with Crippen molar-refractivity contribution in [2.45, 2.75) is 31.7 Å². The van der Waals surface area contributed by atoms with Crippen molar-refractivity contribution in [1.29, 1.82) is 0 Å². The molecule has 3 N–H and O–H groups in total. The maximum atomic E-state index is 11.0. The minimum absolute atomic E-state index is 0.0224. The highest BCUT2D eigenvalue weighted by molar-refractivity contribution is 9.10. The Morgan fingerprint density at radius 1 is 1.58 bits per heavy atom. The van der Waals surface area contributed by atoms with Gasteiger partial charge in [0.25, 0.3) is 0 Å². The summed E-state index contributed by atoms with van der Waals surface area (Å²) in [7, 11) is 0. The fourth-order valence-corrected chi connectivity index (χ4v) is 2.90. The summed E-state index contributed by atoms with van der Waals surface area (Å²) in [6.07, 6.45) is 6.22. The van der Waals surface area contributed by atoms with Gasteiger partial charge in [0.15, 0.2) is 0 Å². The van der Waals surface area contributed by atoms with Crippen LogP contribution < -0.4 is 11.1 Å². The molecule has 19 heavy (non-hydrogen) atoms. The Morgan fingerprint density at radius 3 is 2.84 bits per heavy atom. The number of nitrogens with one attached hydrogen (secondary N) is 1. The number of anilines is 1. The van der Waals surface area contributed by atoms with Crippen molar-refractivity contribution in [2.24, 2.45) is 11.7 Å². The lowest BCUT2D eigenvalue weighted by molar-refractivity contribution is -0.384. The lowest BCUT2D eigenvalue weighted by Gasteiger charge is -2.23. The number of nitrogens with two attached hydrogens (primary N) is 1. The van der Waals surface area contributed by atoms with Crippen LogP contribution in [-0.2, 0) is 0 Å². The molecule has 1 heterocycles. The van der Waals surface area contributed by atoms with E-state index in [0.29, 0.717) is 22.8 Å². The van der Waals surface area contributed by atoms with Gasteiger partial charge in [0.1, 0.15) is 0 Å². The number of rotatable bonds is 5. The van der Waals surface area contributed by atoms with Crippen LogP contribution >= 0.6 is 15.9 Å². The Labute approximate surface area is 120 Å². The van der Waals surface area contributed by atoms with E-state index in [-0.39, 0.29) is 11.7 Å². The summed E-state index contributed by atoms with van der Waals surface area (Å²) in [6.45, 7) is 0.458. The fourth-order valence-electron chi connectivity index (χ4n) is 2.58. The smallest absolute Gasteiger partial charge is 0.312 e. The molecule has 1 aliphatic carbocycles. The van der Waals surface area contributed by atoms with Gasteiger partial charge in [-0.15, -0.1) is 0 Å². The third-order valence-electron chi connectivity index (χ3n) is 3.58. The lowest BCUT2D eigenvalue weighted by atomic mass is 9.98. The summed E-state index contributed by atoms with van der Waals surface area (Å²) < 4.78 is 0.593. The average Bonchev–Trinajstić information content (AvgIpc) is 2.90. The molecule has 7 heteroatoms. The second-order valence-electron chi connectivity index (χ2n) is 4.81. The van der Waals surface area contributed by atoms with Gasteiger partial charge in [0.2, 0.25) is 5.82 Å². The van der Waals surface area contributed by atoms with Gasteiger partial charge in [-0.25, -0.2) is 4.98 Å². The predicted octanol–water partition coefficient (Wildman–Crippen LogP) is 2.68. The Bertz CT molecular complexity index is 463. The minimum Gasteiger partial charge on any atom is -0.360 e. The first-order chi connectivity index (χ1) is 9.11. The number of pyridine rings is 1. The molecule has 104 valence electrons. The van der Waals surface area contributed by atoms with E-state index < -0.39 is 4.92 Å². The zero-order valence-corrected chi connectivity index (χ0v) is 12.1. The van der Waals surface area contributed by atoms with Crippen molar-refractivity contribution < 1.29 is 4.92 Å². The van der Waals surface area contributed by atoms with Crippen molar-refractivity contribution in [1.82, 2.24) is 4.98 Å². The van der Waals surface area contributed by atoms with Gasteiger partial charge in [-0.3, -0.25) is 10.1 Å². The summed E-state index contributed by atoms with van der Waals surface area (Å²) in [4.78, 5) is 14.7. The number of nitro groups is 1. The zero-order valence-electron chi connectivity index (χ0n) is 10.5. The first kappa shape index (κ1) is 14.2. The highest BCUT2D eigenvalue weighted by Crippen LogP contribution is 2.31. The molecule has 1 aromatic heterocycles. The molecule has 0 amide bonds. The standard InChI is InChI=1S/C12H17BrN4O2/c13-9-5-11(17(18)19)12(15-7-9)16-10(6-14)8-3-1-2-4-8/h5,7-8,10H,1-4,6,14H2,(H,15,16). The Morgan fingerprint density at radius 2 is 2.26 bits per heavy atom. The summed E-state index contributed by atoms with van der Waals surface area (Å²) >= 11 is 3.19. The molecular formula is C12H17BrN4O2. The topological polar surface area (TPSA) is 94.1 Å². The molecule has 1 fully saturated rings. The monoisotopic (exact) mass is 328 g/mol. The van der Waals surface area contributed by atoms with E-state index in [1.807, 2.05) is 0 Å². The first-order valence-electron chi connectivity index (χ1n) is 6.38. The number of hydrogen-bond donors (Lipinski definition) is 2. The van der Waals surface area contributed by atoms with Crippen LogP contribution in [0.5, 0.6) is 0 Å². The third-order valence-corrected chi connectivity index (χ3v) is 4.01. The second-order valence-corrected chi connectivity index (χ2v) is 5.73. The molecule has 1 saturated carbocycles. The quantitative estimate of drug-likeness (QED) is 0.640. The van der Waals surface area contributed by atoms with E-state index in [0.717, 1.165) is 12.8 Å². The Hall–Kier alpha value is -1.21. The fraction of sp³-hybridized carbons (Fsp3) is 0.583. The molecule has 0 aliphatic heterocycles. The molecule has 1 aliphatic rings. The maximum absolute atomic E-state index is 11.0. The van der Waals surface area contributed by atoms with Crippen molar-refractivity contribution in [3.63, 3.8) is 0 Å². The second kappa shape index (κ2) is 6.29. The third kappa shape index (κ3) is 3.42. The summed E-state index contributed by atoms with van der Waals surface area (Å²) in [5.74, 6) is 0.783. The van der Waals surface area contributed by atoms with Crippen LogP contribution in [0.3, 0.4) is 0 Å². The van der Waals surface area contributed by atoms with Gasteiger partial charge in [-0.2, -0.15) is 0 Å². The summed E-state index contributed by atoms with van der Waals surface area (Å²) in [6, 6.07) is 1.51. The molecule has 6 nitrogen and oxygen atoms in total. The van der Waals surface area contributed by atoms with Crippen molar-refractivity contribution in [3.05, 3.63) is 26.9 Å². The van der Waals surface area contributed by atoms with E-state index in [2.05, 4.69) is 26.2 Å². The van der Waals surface area contributed by atoms with Crippen molar-refractivity contribution >= 4 is 27.4 Å². The van der Waals surface area contributed by atoms with E-state index >= 15 is 0 Å². The van der Waals surface area contributed by atoms with Crippen molar-refractivity contribution in [2.75, 3.05) is 11.9 Å².